The predicted octanol–water partition coefficient (Wildman–Crippen LogP) is 5.96. The zero-order valence-electron chi connectivity index (χ0n) is 22.0. The minimum Gasteiger partial charge on any atom is -0.390 e. The van der Waals surface area contributed by atoms with Gasteiger partial charge in [0.25, 0.3) is 0 Å². The summed E-state index contributed by atoms with van der Waals surface area (Å²) >= 11 is 0. The van der Waals surface area contributed by atoms with Gasteiger partial charge in [-0.05, 0) is 118 Å². The van der Waals surface area contributed by atoms with E-state index in [-0.39, 0.29) is 5.60 Å². The molecule has 1 aromatic rings. The van der Waals surface area contributed by atoms with Crippen molar-refractivity contribution in [2.24, 2.45) is 40.4 Å². The number of hydrogen-bond donors (Lipinski definition) is 1. The second kappa shape index (κ2) is 8.34. The van der Waals surface area contributed by atoms with Crippen LogP contribution in [0.25, 0.3) is 0 Å². The molecule has 0 radical (unpaired) electrons. The molecule has 188 valence electrons. The lowest BCUT2D eigenvalue weighted by molar-refractivity contribution is -0.170. The van der Waals surface area contributed by atoms with Gasteiger partial charge in [0.2, 0.25) is 0 Å². The topological polar surface area (TPSA) is 71.1 Å². The van der Waals surface area contributed by atoms with Crippen molar-refractivity contribution in [3.63, 3.8) is 0 Å². The summed E-state index contributed by atoms with van der Waals surface area (Å²) in [5.74, 6) is 3.60. The van der Waals surface area contributed by atoms with E-state index in [0.29, 0.717) is 34.8 Å². The molecule has 1 heterocycles. The predicted molar refractivity (Wildman–Crippen MR) is 133 cm³/mol. The number of aromatic nitrogens is 2. The highest BCUT2D eigenvalue weighted by Crippen LogP contribution is 2.70. The molecule has 0 bridgehead atoms. The van der Waals surface area contributed by atoms with Gasteiger partial charge in [-0.3, -0.25) is 4.68 Å². The molecular weight excluding hydrogens is 422 g/mol. The highest BCUT2D eigenvalue weighted by atomic mass is 16.5. The number of rotatable bonds is 5. The van der Waals surface area contributed by atoms with E-state index in [2.05, 4.69) is 38.9 Å². The lowest BCUT2D eigenvalue weighted by atomic mass is 9.42. The summed E-state index contributed by atoms with van der Waals surface area (Å²) in [4.78, 5) is 0. The van der Waals surface area contributed by atoms with Crippen LogP contribution in [0.4, 0.5) is 0 Å². The fourth-order valence-corrected chi connectivity index (χ4v) is 10.1. The van der Waals surface area contributed by atoms with E-state index in [1.807, 2.05) is 18.0 Å². The number of ether oxygens (including phenoxy) is 1. The fraction of sp³-hybridized carbons (Fsp3) is 0.862. The quantitative estimate of drug-likeness (QED) is 0.580. The molecule has 4 fully saturated rings. The third kappa shape index (κ3) is 3.58. The second-order valence-electron chi connectivity index (χ2n) is 13.2. The molecule has 9 atom stereocenters. The van der Waals surface area contributed by atoms with E-state index >= 15 is 0 Å². The molecule has 5 nitrogen and oxygen atoms in total. The van der Waals surface area contributed by atoms with Crippen molar-refractivity contribution >= 4 is 0 Å². The van der Waals surface area contributed by atoms with Crippen LogP contribution in [0.15, 0.2) is 12.4 Å². The first kappa shape index (κ1) is 24.3. The first-order chi connectivity index (χ1) is 16.1. The zero-order chi connectivity index (χ0) is 24.4. The summed E-state index contributed by atoms with van der Waals surface area (Å²) in [5, 5.41) is 24.5. The second-order valence-corrected chi connectivity index (χ2v) is 13.2. The minimum absolute atomic E-state index is 0.291. The van der Waals surface area contributed by atoms with Crippen molar-refractivity contribution in [2.75, 3.05) is 7.11 Å². The zero-order valence-corrected chi connectivity index (χ0v) is 22.0. The maximum absolute atomic E-state index is 10.9. The first-order valence-electron chi connectivity index (χ1n) is 13.8. The molecule has 0 saturated heterocycles. The fourth-order valence-electron chi connectivity index (χ4n) is 10.1. The maximum Gasteiger partial charge on any atom is 0.102 e. The van der Waals surface area contributed by atoms with Gasteiger partial charge in [-0.15, -0.1) is 0 Å². The third-order valence-corrected chi connectivity index (χ3v) is 11.8. The lowest BCUT2D eigenvalue weighted by Crippen LogP contribution is -2.57. The maximum atomic E-state index is 10.9. The Hall–Kier alpha value is -1.38. The number of fused-ring (bicyclic) bond motifs is 5. The Morgan fingerprint density at radius 1 is 1.18 bits per heavy atom. The van der Waals surface area contributed by atoms with Gasteiger partial charge < -0.3 is 9.84 Å². The summed E-state index contributed by atoms with van der Waals surface area (Å²) in [5.41, 5.74) is 0.591. The van der Waals surface area contributed by atoms with Crippen molar-refractivity contribution in [2.45, 2.75) is 110 Å². The summed E-state index contributed by atoms with van der Waals surface area (Å²) in [6.07, 6.45) is 15.8. The van der Waals surface area contributed by atoms with E-state index in [1.165, 1.54) is 51.4 Å². The molecule has 0 spiro atoms. The van der Waals surface area contributed by atoms with Crippen LogP contribution >= 0.6 is 0 Å². The van der Waals surface area contributed by atoms with Gasteiger partial charge in [-0.25, -0.2) is 0 Å². The standard InChI is InChI=1S/C29H45N3O2/c1-6-29-14-13-26(2,33)15-21(29)7-8-22-23-9-10-25(27(23,3)12-11-24(22)29)28(4,34-5)19-32-18-20(16-30)17-31-32/h17-18,21-25,33H,6-15,19H2,1-5H3/t21-,22+,23+,24+,25+,26-,27+,28-,29+/m1/s1. The minimum atomic E-state index is -0.462. The average Bonchev–Trinajstić information content (AvgIpc) is 3.41. The Kier molecular flexibility index (Phi) is 5.97. The SMILES string of the molecule is CC[C@]12CC[C@@](C)(O)C[C@H]1CC[C@H]1[C@@H]3CC[C@H]([C@@](C)(Cn4cc(C#N)cn4)OC)[C@@]3(C)CC[C@@H]12. The van der Waals surface area contributed by atoms with Crippen LogP contribution in [0.5, 0.6) is 0 Å². The van der Waals surface area contributed by atoms with Gasteiger partial charge in [0, 0.05) is 13.3 Å². The Morgan fingerprint density at radius 2 is 1.97 bits per heavy atom. The van der Waals surface area contributed by atoms with Crippen molar-refractivity contribution in [3.05, 3.63) is 18.0 Å². The molecule has 0 aromatic carbocycles. The molecule has 1 N–H and O–H groups in total. The molecule has 4 aliphatic carbocycles. The van der Waals surface area contributed by atoms with E-state index in [1.54, 1.807) is 6.20 Å². The third-order valence-electron chi connectivity index (χ3n) is 11.8. The molecule has 0 unspecified atom stereocenters. The Balaban J connectivity index is 1.40. The lowest BCUT2D eigenvalue weighted by Gasteiger charge is -2.63. The Bertz CT molecular complexity index is 949. The van der Waals surface area contributed by atoms with Crippen molar-refractivity contribution < 1.29 is 9.84 Å². The highest BCUT2D eigenvalue weighted by Gasteiger charge is 2.63. The van der Waals surface area contributed by atoms with Gasteiger partial charge in [-0.2, -0.15) is 10.4 Å². The number of methoxy groups -OCH3 is 1. The molecule has 4 aliphatic rings. The van der Waals surface area contributed by atoms with Crippen molar-refractivity contribution in [1.29, 1.82) is 5.26 Å². The number of nitriles is 1. The number of hydrogen-bond acceptors (Lipinski definition) is 4. The van der Waals surface area contributed by atoms with E-state index in [9.17, 15) is 10.4 Å². The van der Waals surface area contributed by atoms with Crippen LogP contribution in [-0.4, -0.2) is 33.2 Å². The number of nitrogens with zero attached hydrogens (tertiary/aromatic N) is 3. The summed E-state index contributed by atoms with van der Waals surface area (Å²) < 4.78 is 8.21. The van der Waals surface area contributed by atoms with Crippen LogP contribution in [0.2, 0.25) is 0 Å². The van der Waals surface area contributed by atoms with Crippen molar-refractivity contribution in [3.8, 4) is 6.07 Å². The molecular formula is C29H45N3O2. The van der Waals surface area contributed by atoms with Crippen molar-refractivity contribution in [1.82, 2.24) is 9.78 Å². The molecule has 4 saturated carbocycles. The van der Waals surface area contributed by atoms with Crippen LogP contribution in [0.1, 0.15) is 97.5 Å². The first-order valence-corrected chi connectivity index (χ1v) is 13.8. The van der Waals surface area contributed by atoms with E-state index in [4.69, 9.17) is 4.74 Å². The summed E-state index contributed by atoms with van der Waals surface area (Å²) in [7, 11) is 1.86. The molecule has 0 amide bonds. The van der Waals surface area contributed by atoms with Crippen LogP contribution in [-0.2, 0) is 11.3 Å². The molecule has 1 aromatic heterocycles. The largest absolute Gasteiger partial charge is 0.390 e. The molecule has 34 heavy (non-hydrogen) atoms. The van der Waals surface area contributed by atoms with E-state index < -0.39 is 5.60 Å². The van der Waals surface area contributed by atoms with Gasteiger partial charge in [0.15, 0.2) is 0 Å². The number of aliphatic hydroxyl groups is 1. The van der Waals surface area contributed by atoms with Crippen LogP contribution in [0, 0.1) is 51.8 Å². The van der Waals surface area contributed by atoms with E-state index in [0.717, 1.165) is 30.6 Å². The average molecular weight is 468 g/mol. The summed E-state index contributed by atoms with van der Waals surface area (Å²) in [6, 6.07) is 2.20. The van der Waals surface area contributed by atoms with Crippen LogP contribution < -0.4 is 0 Å². The monoisotopic (exact) mass is 467 g/mol. The molecule has 0 aliphatic heterocycles. The van der Waals surface area contributed by atoms with Gasteiger partial charge in [-0.1, -0.05) is 13.8 Å². The Labute approximate surface area is 206 Å². The summed E-state index contributed by atoms with van der Waals surface area (Å²) in [6.45, 7) is 10.1. The van der Waals surface area contributed by atoms with Crippen LogP contribution in [0.3, 0.4) is 0 Å². The van der Waals surface area contributed by atoms with Gasteiger partial charge >= 0.3 is 0 Å². The highest BCUT2D eigenvalue weighted by molar-refractivity contribution is 5.22. The molecule has 5 rings (SSSR count). The smallest absolute Gasteiger partial charge is 0.102 e. The van der Waals surface area contributed by atoms with Gasteiger partial charge in [0.1, 0.15) is 6.07 Å². The van der Waals surface area contributed by atoms with Gasteiger partial charge in [0.05, 0.1) is 29.5 Å². The Morgan fingerprint density at radius 3 is 2.65 bits per heavy atom. The normalized spacial score (nSPS) is 45.5. The molecule has 5 heteroatoms.